The molecule has 0 radical (unpaired) electrons. The summed E-state index contributed by atoms with van der Waals surface area (Å²) >= 11 is 0. The number of amides is 1. The number of nitrogens with one attached hydrogen (secondary N) is 1. The molecule has 0 unspecified atom stereocenters. The number of esters is 1. The molecule has 124 valence electrons. The maximum Gasteiger partial charge on any atom is 0.328 e. The lowest BCUT2D eigenvalue weighted by molar-refractivity contribution is -0.394. The first kappa shape index (κ1) is 18.0. The van der Waals surface area contributed by atoms with Crippen LogP contribution in [0, 0.1) is 26.1 Å². The summed E-state index contributed by atoms with van der Waals surface area (Å²) in [6, 6.07) is 1.64. The molecule has 0 aliphatic carbocycles. The van der Waals surface area contributed by atoms with E-state index in [9.17, 15) is 29.8 Å². The summed E-state index contributed by atoms with van der Waals surface area (Å²) in [6.45, 7) is 3.32. The molecule has 10 nitrogen and oxygen atoms in total. The molecule has 10 heteroatoms. The molecule has 1 rings (SSSR count). The summed E-state index contributed by atoms with van der Waals surface area (Å²) < 4.78 is 4.56. The van der Waals surface area contributed by atoms with Crippen molar-refractivity contribution in [2.75, 3.05) is 7.11 Å². The fourth-order valence-corrected chi connectivity index (χ4v) is 1.82. The van der Waals surface area contributed by atoms with Crippen LogP contribution in [0.4, 0.5) is 11.4 Å². The first-order valence-corrected chi connectivity index (χ1v) is 6.50. The average molecular weight is 325 g/mol. The van der Waals surface area contributed by atoms with Crippen LogP contribution in [0.5, 0.6) is 0 Å². The summed E-state index contributed by atoms with van der Waals surface area (Å²) in [5, 5.41) is 24.0. The van der Waals surface area contributed by atoms with Crippen LogP contribution in [0.25, 0.3) is 0 Å². The molecule has 0 saturated heterocycles. The van der Waals surface area contributed by atoms with E-state index in [1.807, 2.05) is 0 Å². The third-order valence-corrected chi connectivity index (χ3v) is 3.04. The first-order chi connectivity index (χ1) is 10.7. The molecule has 1 amide bonds. The van der Waals surface area contributed by atoms with Gasteiger partial charge in [-0.25, -0.2) is 4.79 Å². The second kappa shape index (κ2) is 7.29. The third kappa shape index (κ3) is 4.22. The van der Waals surface area contributed by atoms with Crippen LogP contribution in [0.15, 0.2) is 18.2 Å². The van der Waals surface area contributed by atoms with Gasteiger partial charge in [0, 0.05) is 6.07 Å². The number of nitro groups is 2. The maximum absolute atomic E-state index is 12.2. The number of benzene rings is 1. The lowest BCUT2D eigenvalue weighted by Gasteiger charge is -2.19. The molecular weight excluding hydrogens is 310 g/mol. The zero-order chi connectivity index (χ0) is 17.7. The molecule has 0 spiro atoms. The Kier molecular flexibility index (Phi) is 5.71. The van der Waals surface area contributed by atoms with Gasteiger partial charge in [0.2, 0.25) is 0 Å². The molecule has 0 fully saturated rings. The van der Waals surface area contributed by atoms with E-state index in [2.05, 4.69) is 10.1 Å². The first-order valence-electron chi connectivity index (χ1n) is 6.50. The summed E-state index contributed by atoms with van der Waals surface area (Å²) in [5.41, 5.74) is -1.61. The van der Waals surface area contributed by atoms with Crippen molar-refractivity contribution < 1.29 is 24.2 Å². The van der Waals surface area contributed by atoms with Crippen LogP contribution in [0.2, 0.25) is 0 Å². The Balaban J connectivity index is 3.19. The van der Waals surface area contributed by atoms with Gasteiger partial charge >= 0.3 is 5.97 Å². The Hall–Kier alpha value is -3.04. The van der Waals surface area contributed by atoms with E-state index >= 15 is 0 Å². The largest absolute Gasteiger partial charge is 0.467 e. The molecule has 1 N–H and O–H groups in total. The highest BCUT2D eigenvalue weighted by atomic mass is 16.6. The molecule has 23 heavy (non-hydrogen) atoms. The van der Waals surface area contributed by atoms with Gasteiger partial charge in [-0.1, -0.05) is 13.8 Å². The standard InChI is InChI=1S/C13H15N3O7/c1-7(2)11(13(18)23-3)14-12(17)9-5-4-8(15(19)20)6-10(9)16(21)22/h4-7,11H,1-3H3,(H,14,17)/t11-/m0/s1. The maximum atomic E-state index is 12.2. The number of nitro benzene ring substituents is 2. The van der Waals surface area contributed by atoms with E-state index in [4.69, 9.17) is 0 Å². The number of carbonyl (C=O) groups excluding carboxylic acids is 2. The highest BCUT2D eigenvalue weighted by Crippen LogP contribution is 2.24. The summed E-state index contributed by atoms with van der Waals surface area (Å²) in [6.07, 6.45) is 0. The van der Waals surface area contributed by atoms with Crippen molar-refractivity contribution in [2.45, 2.75) is 19.9 Å². The van der Waals surface area contributed by atoms with Gasteiger partial charge in [-0.05, 0) is 12.0 Å². The third-order valence-electron chi connectivity index (χ3n) is 3.04. The van der Waals surface area contributed by atoms with Crippen molar-refractivity contribution in [2.24, 2.45) is 5.92 Å². The topological polar surface area (TPSA) is 142 Å². The molecule has 0 heterocycles. The van der Waals surface area contributed by atoms with Gasteiger partial charge in [0.15, 0.2) is 0 Å². The van der Waals surface area contributed by atoms with E-state index in [1.54, 1.807) is 13.8 Å². The van der Waals surface area contributed by atoms with Gasteiger partial charge in [-0.3, -0.25) is 25.0 Å². The number of rotatable bonds is 6. The number of ether oxygens (including phenoxy) is 1. The number of nitrogens with zero attached hydrogens (tertiary/aromatic N) is 2. The highest BCUT2D eigenvalue weighted by Gasteiger charge is 2.29. The van der Waals surface area contributed by atoms with Gasteiger partial charge in [-0.15, -0.1) is 0 Å². The molecule has 0 aliphatic heterocycles. The second-order valence-corrected chi connectivity index (χ2v) is 4.93. The molecule has 0 aliphatic rings. The zero-order valence-electron chi connectivity index (χ0n) is 12.6. The average Bonchev–Trinajstić information content (AvgIpc) is 2.50. The van der Waals surface area contributed by atoms with Crippen LogP contribution in [-0.4, -0.2) is 34.9 Å². The Labute approximate surface area is 130 Å². The zero-order valence-corrected chi connectivity index (χ0v) is 12.6. The van der Waals surface area contributed by atoms with Crippen LogP contribution < -0.4 is 5.32 Å². The van der Waals surface area contributed by atoms with Gasteiger partial charge in [0.25, 0.3) is 17.3 Å². The van der Waals surface area contributed by atoms with Gasteiger partial charge < -0.3 is 10.1 Å². The Morgan fingerprint density at radius 2 is 1.78 bits per heavy atom. The van der Waals surface area contributed by atoms with Gasteiger partial charge in [0.05, 0.1) is 23.0 Å². The molecule has 0 bridgehead atoms. The Morgan fingerprint density at radius 3 is 2.22 bits per heavy atom. The fraction of sp³-hybridized carbons (Fsp3) is 0.385. The SMILES string of the molecule is COC(=O)[C@@H](NC(=O)c1ccc([N+](=O)[O-])cc1[N+](=O)[O-])C(C)C. The van der Waals surface area contributed by atoms with Crippen molar-refractivity contribution in [1.82, 2.24) is 5.32 Å². The minimum atomic E-state index is -0.998. The summed E-state index contributed by atoms with van der Waals surface area (Å²) in [5.74, 6) is -1.91. The van der Waals surface area contributed by atoms with E-state index < -0.39 is 39.1 Å². The minimum Gasteiger partial charge on any atom is -0.467 e. The predicted molar refractivity (Wildman–Crippen MR) is 77.9 cm³/mol. The number of hydrogen-bond donors (Lipinski definition) is 1. The summed E-state index contributed by atoms with van der Waals surface area (Å²) in [7, 11) is 1.15. The minimum absolute atomic E-state index is 0.316. The monoisotopic (exact) mass is 325 g/mol. The molecule has 0 saturated carbocycles. The molecule has 1 aromatic carbocycles. The normalized spacial score (nSPS) is 11.7. The van der Waals surface area contributed by atoms with Crippen molar-refractivity contribution >= 4 is 23.3 Å². The number of carbonyl (C=O) groups is 2. The molecular formula is C13H15N3O7. The summed E-state index contributed by atoms with van der Waals surface area (Å²) in [4.78, 5) is 43.8. The highest BCUT2D eigenvalue weighted by molar-refractivity contribution is 6.00. The van der Waals surface area contributed by atoms with Crippen molar-refractivity contribution in [3.63, 3.8) is 0 Å². The van der Waals surface area contributed by atoms with Crippen LogP contribution >= 0.6 is 0 Å². The van der Waals surface area contributed by atoms with Crippen LogP contribution in [0.3, 0.4) is 0 Å². The van der Waals surface area contributed by atoms with Crippen molar-refractivity contribution in [3.05, 3.63) is 44.0 Å². The molecule has 1 aromatic rings. The number of hydrogen-bond acceptors (Lipinski definition) is 7. The lowest BCUT2D eigenvalue weighted by atomic mass is 10.0. The van der Waals surface area contributed by atoms with Gasteiger partial charge in [0.1, 0.15) is 11.6 Å². The van der Waals surface area contributed by atoms with Crippen molar-refractivity contribution in [1.29, 1.82) is 0 Å². The number of non-ortho nitro benzene ring substituents is 1. The quantitative estimate of drug-likeness (QED) is 0.473. The number of methoxy groups -OCH3 is 1. The van der Waals surface area contributed by atoms with Crippen LogP contribution in [0.1, 0.15) is 24.2 Å². The molecule has 1 atom stereocenters. The Bertz CT molecular complexity index is 657. The van der Waals surface area contributed by atoms with E-state index in [-0.39, 0.29) is 11.5 Å². The van der Waals surface area contributed by atoms with Crippen LogP contribution in [-0.2, 0) is 9.53 Å². The lowest BCUT2D eigenvalue weighted by Crippen LogP contribution is -2.45. The van der Waals surface area contributed by atoms with Crippen molar-refractivity contribution in [3.8, 4) is 0 Å². The van der Waals surface area contributed by atoms with E-state index in [1.165, 1.54) is 0 Å². The molecule has 0 aromatic heterocycles. The second-order valence-electron chi connectivity index (χ2n) is 4.93. The van der Waals surface area contributed by atoms with E-state index in [0.29, 0.717) is 6.07 Å². The van der Waals surface area contributed by atoms with Gasteiger partial charge in [-0.2, -0.15) is 0 Å². The predicted octanol–water partition coefficient (Wildman–Crippen LogP) is 1.43. The Morgan fingerprint density at radius 1 is 1.17 bits per heavy atom. The fourth-order valence-electron chi connectivity index (χ4n) is 1.82. The van der Waals surface area contributed by atoms with E-state index in [0.717, 1.165) is 19.2 Å². The smallest absolute Gasteiger partial charge is 0.328 e.